The van der Waals surface area contributed by atoms with E-state index in [1.54, 1.807) is 16.8 Å². The Morgan fingerprint density at radius 1 is 1.35 bits per heavy atom. The van der Waals surface area contributed by atoms with Gasteiger partial charge in [-0.25, -0.2) is 0 Å². The van der Waals surface area contributed by atoms with Crippen LogP contribution in [0.15, 0.2) is 29.2 Å². The molecular weight excluding hydrogens is 238 g/mol. The zero-order chi connectivity index (χ0) is 12.4. The first kappa shape index (κ1) is 12.1. The van der Waals surface area contributed by atoms with Crippen LogP contribution in [-0.4, -0.2) is 16.3 Å². The van der Waals surface area contributed by atoms with E-state index in [1.807, 2.05) is 19.1 Å². The van der Waals surface area contributed by atoms with Crippen LogP contribution in [-0.2, 0) is 6.54 Å². The highest BCUT2D eigenvalue weighted by Gasteiger charge is 2.07. The van der Waals surface area contributed by atoms with Crippen LogP contribution in [0.25, 0.3) is 10.8 Å². The molecule has 0 unspecified atom stereocenters. The van der Waals surface area contributed by atoms with Gasteiger partial charge in [-0.3, -0.25) is 4.79 Å². The third kappa shape index (κ3) is 2.21. The Morgan fingerprint density at radius 3 is 2.82 bits per heavy atom. The molecule has 0 aliphatic rings. The van der Waals surface area contributed by atoms with E-state index in [4.69, 9.17) is 16.7 Å². The number of hydrogen-bond donors (Lipinski definition) is 1. The van der Waals surface area contributed by atoms with Crippen LogP contribution in [0.2, 0.25) is 5.02 Å². The minimum Gasteiger partial charge on any atom is -0.396 e. The van der Waals surface area contributed by atoms with Crippen molar-refractivity contribution in [1.29, 1.82) is 0 Å². The van der Waals surface area contributed by atoms with Crippen LogP contribution < -0.4 is 5.56 Å². The molecule has 0 bridgehead atoms. The van der Waals surface area contributed by atoms with E-state index >= 15 is 0 Å². The Bertz CT molecular complexity index is 604. The number of rotatable bonds is 3. The molecule has 0 amide bonds. The van der Waals surface area contributed by atoms with Crippen molar-refractivity contribution in [2.24, 2.45) is 0 Å². The summed E-state index contributed by atoms with van der Waals surface area (Å²) in [5.74, 6) is 0. The molecule has 0 saturated carbocycles. The smallest absolute Gasteiger partial charge is 0.258 e. The number of benzene rings is 1. The normalized spacial score (nSPS) is 11.0. The summed E-state index contributed by atoms with van der Waals surface area (Å²) in [6.07, 6.45) is 2.33. The van der Waals surface area contributed by atoms with Gasteiger partial charge >= 0.3 is 0 Å². The van der Waals surface area contributed by atoms with Crippen molar-refractivity contribution in [3.63, 3.8) is 0 Å². The first-order chi connectivity index (χ1) is 8.15. The second-order valence-electron chi connectivity index (χ2n) is 4.03. The lowest BCUT2D eigenvalue weighted by molar-refractivity contribution is 0.279. The molecule has 0 saturated heterocycles. The number of aliphatic hydroxyl groups excluding tert-OH is 1. The predicted octanol–water partition coefficient (Wildman–Crippen LogP) is 2.35. The van der Waals surface area contributed by atoms with Crippen molar-refractivity contribution in [2.45, 2.75) is 19.9 Å². The summed E-state index contributed by atoms with van der Waals surface area (Å²) >= 11 is 6.03. The topological polar surface area (TPSA) is 42.2 Å². The molecule has 0 atom stereocenters. The van der Waals surface area contributed by atoms with Crippen molar-refractivity contribution in [2.75, 3.05) is 6.61 Å². The molecule has 0 radical (unpaired) electrons. The highest BCUT2D eigenvalue weighted by molar-refractivity contribution is 6.32. The van der Waals surface area contributed by atoms with Crippen LogP contribution in [0.5, 0.6) is 0 Å². The fourth-order valence-electron chi connectivity index (χ4n) is 1.93. The number of fused-ring (bicyclic) bond motifs is 1. The maximum atomic E-state index is 12.2. The van der Waals surface area contributed by atoms with Crippen LogP contribution in [0, 0.1) is 6.92 Å². The van der Waals surface area contributed by atoms with Crippen molar-refractivity contribution in [3.8, 4) is 0 Å². The molecule has 17 heavy (non-hydrogen) atoms. The molecule has 90 valence electrons. The van der Waals surface area contributed by atoms with Gasteiger partial charge in [0.25, 0.3) is 5.56 Å². The van der Waals surface area contributed by atoms with Gasteiger partial charge in [0.15, 0.2) is 0 Å². The van der Waals surface area contributed by atoms with Crippen LogP contribution in [0.4, 0.5) is 0 Å². The molecule has 0 spiro atoms. The summed E-state index contributed by atoms with van der Waals surface area (Å²) in [6.45, 7) is 2.46. The SMILES string of the molecule is Cc1c(Cl)ccc2ccn(CCCO)c(=O)c12. The monoisotopic (exact) mass is 251 g/mol. The largest absolute Gasteiger partial charge is 0.396 e. The Hall–Kier alpha value is -1.32. The fraction of sp³-hybridized carbons (Fsp3) is 0.308. The quantitative estimate of drug-likeness (QED) is 0.910. The van der Waals surface area contributed by atoms with Gasteiger partial charge in [-0.1, -0.05) is 17.7 Å². The Labute approximate surface area is 104 Å². The van der Waals surface area contributed by atoms with Gasteiger partial charge in [0.05, 0.1) is 5.39 Å². The molecule has 0 aliphatic carbocycles. The molecule has 1 aromatic heterocycles. The summed E-state index contributed by atoms with van der Waals surface area (Å²) < 4.78 is 1.61. The molecule has 3 nitrogen and oxygen atoms in total. The van der Waals surface area contributed by atoms with E-state index in [2.05, 4.69) is 0 Å². The lowest BCUT2D eigenvalue weighted by Gasteiger charge is -2.08. The molecule has 2 aromatic rings. The van der Waals surface area contributed by atoms with Gasteiger partial charge in [0.1, 0.15) is 0 Å². The van der Waals surface area contributed by atoms with Crippen molar-refractivity contribution in [1.82, 2.24) is 4.57 Å². The molecule has 4 heteroatoms. The van der Waals surface area contributed by atoms with Gasteiger partial charge in [0, 0.05) is 24.4 Å². The van der Waals surface area contributed by atoms with E-state index < -0.39 is 0 Å². The molecule has 1 N–H and O–H groups in total. The van der Waals surface area contributed by atoms with E-state index in [9.17, 15) is 4.79 Å². The number of hydrogen-bond acceptors (Lipinski definition) is 2. The van der Waals surface area contributed by atoms with Gasteiger partial charge in [-0.05, 0) is 36.4 Å². The van der Waals surface area contributed by atoms with Gasteiger partial charge in [0.2, 0.25) is 0 Å². The van der Waals surface area contributed by atoms with E-state index in [-0.39, 0.29) is 12.2 Å². The maximum Gasteiger partial charge on any atom is 0.258 e. The summed E-state index contributed by atoms with van der Waals surface area (Å²) in [4.78, 5) is 12.2. The second kappa shape index (κ2) is 4.90. The number of pyridine rings is 1. The van der Waals surface area contributed by atoms with E-state index in [0.29, 0.717) is 23.4 Å². The Kier molecular flexibility index (Phi) is 3.50. The van der Waals surface area contributed by atoms with Gasteiger partial charge in [-0.2, -0.15) is 0 Å². The fourth-order valence-corrected chi connectivity index (χ4v) is 2.09. The molecule has 1 aromatic carbocycles. The first-order valence-corrected chi connectivity index (χ1v) is 5.92. The summed E-state index contributed by atoms with van der Waals surface area (Å²) in [6, 6.07) is 5.55. The Morgan fingerprint density at radius 2 is 2.12 bits per heavy atom. The maximum absolute atomic E-state index is 12.2. The Balaban J connectivity index is 2.65. The third-order valence-electron chi connectivity index (χ3n) is 2.90. The number of aromatic nitrogens is 1. The molecule has 0 fully saturated rings. The van der Waals surface area contributed by atoms with Crippen molar-refractivity contribution >= 4 is 22.4 Å². The lowest BCUT2D eigenvalue weighted by atomic mass is 10.1. The number of aliphatic hydroxyl groups is 1. The molecule has 0 aliphatic heterocycles. The van der Waals surface area contributed by atoms with Gasteiger partial charge < -0.3 is 9.67 Å². The van der Waals surface area contributed by atoms with Crippen molar-refractivity contribution in [3.05, 3.63) is 45.3 Å². The van der Waals surface area contributed by atoms with Crippen LogP contribution in [0.1, 0.15) is 12.0 Å². The average Bonchev–Trinajstić information content (AvgIpc) is 2.33. The standard InChI is InChI=1S/C13H14ClNO2/c1-9-11(14)4-3-10-5-7-15(6-2-8-16)13(17)12(9)10/h3-5,7,16H,2,6,8H2,1H3. The first-order valence-electron chi connectivity index (χ1n) is 5.54. The average molecular weight is 252 g/mol. The number of aryl methyl sites for hydroxylation is 2. The predicted molar refractivity (Wildman–Crippen MR) is 69.7 cm³/mol. The van der Waals surface area contributed by atoms with Crippen LogP contribution >= 0.6 is 11.6 Å². The number of halogens is 1. The zero-order valence-corrected chi connectivity index (χ0v) is 10.4. The number of nitrogens with zero attached hydrogens (tertiary/aromatic N) is 1. The molecule has 1 heterocycles. The minimum absolute atomic E-state index is 0.0454. The van der Waals surface area contributed by atoms with Gasteiger partial charge in [-0.15, -0.1) is 0 Å². The van der Waals surface area contributed by atoms with E-state index in [1.165, 1.54) is 0 Å². The highest BCUT2D eigenvalue weighted by atomic mass is 35.5. The summed E-state index contributed by atoms with van der Waals surface area (Å²) in [7, 11) is 0. The van der Waals surface area contributed by atoms with Crippen LogP contribution in [0.3, 0.4) is 0 Å². The summed E-state index contributed by atoms with van der Waals surface area (Å²) in [5, 5.41) is 11.0. The van der Waals surface area contributed by atoms with Crippen molar-refractivity contribution < 1.29 is 5.11 Å². The minimum atomic E-state index is -0.0454. The second-order valence-corrected chi connectivity index (χ2v) is 4.44. The van der Waals surface area contributed by atoms with E-state index in [0.717, 1.165) is 10.9 Å². The highest BCUT2D eigenvalue weighted by Crippen LogP contribution is 2.22. The third-order valence-corrected chi connectivity index (χ3v) is 3.31. The molecule has 2 rings (SSSR count). The lowest BCUT2D eigenvalue weighted by Crippen LogP contribution is -2.20. The summed E-state index contributed by atoms with van der Waals surface area (Å²) in [5.41, 5.74) is 0.767. The molecular formula is C13H14ClNO2. The zero-order valence-electron chi connectivity index (χ0n) is 9.61.